The Balaban J connectivity index is 0. The van der Waals surface area contributed by atoms with Crippen molar-refractivity contribution in [1.29, 1.82) is 0 Å². The number of halogens is 2. The molecule has 0 heterocycles. The van der Waals surface area contributed by atoms with Crippen LogP contribution in [0, 0.1) is 7.43 Å². The molecule has 1 fully saturated rings. The molecule has 0 spiro atoms. The van der Waals surface area contributed by atoms with Crippen molar-refractivity contribution in [3.05, 3.63) is 12.4 Å². The van der Waals surface area contributed by atoms with Gasteiger partial charge in [-0.25, -0.2) is 0 Å². The zero-order chi connectivity index (χ0) is 12.8. The van der Waals surface area contributed by atoms with Crippen molar-refractivity contribution in [3.63, 3.8) is 0 Å². The van der Waals surface area contributed by atoms with E-state index in [0.29, 0.717) is 0 Å². The molecular weight excluding hydrogens is 305 g/mol. The van der Waals surface area contributed by atoms with Crippen molar-refractivity contribution in [2.24, 2.45) is 0 Å². The summed E-state index contributed by atoms with van der Waals surface area (Å²) in [4.78, 5) is 5.06. The fourth-order valence-corrected chi connectivity index (χ4v) is 6.32. The number of hydrogen-bond acceptors (Lipinski definition) is 0. The summed E-state index contributed by atoms with van der Waals surface area (Å²) in [5.41, 5.74) is 1.14. The normalized spacial score (nSPS) is 16.9. The fourth-order valence-electron chi connectivity index (χ4n) is 2.59. The molecule has 0 saturated heterocycles. The van der Waals surface area contributed by atoms with E-state index in [-0.39, 0.29) is 13.0 Å². The third-order valence-corrected chi connectivity index (χ3v) is 6.80. The molecule has 1 aliphatic rings. The third-order valence-electron chi connectivity index (χ3n) is 2.98. The molecule has 0 unspecified atom stereocenters. The van der Waals surface area contributed by atoms with Gasteiger partial charge in [0.15, 0.2) is 0 Å². The Hall–Kier alpha value is 1.47. The molecule has 1 saturated carbocycles. The van der Waals surface area contributed by atoms with Crippen molar-refractivity contribution in [2.75, 3.05) is 0 Å². The minimum absolute atomic E-state index is 0. The van der Waals surface area contributed by atoms with Gasteiger partial charge in [0.05, 0.1) is 0 Å². The van der Waals surface area contributed by atoms with Gasteiger partial charge < -0.3 is 12.4 Å². The molecule has 0 aromatic carbocycles. The van der Waals surface area contributed by atoms with Crippen molar-refractivity contribution in [3.8, 4) is 0 Å². The molecular formula is C12H27Cl2NSiTi-2. The van der Waals surface area contributed by atoms with Crippen LogP contribution in [0.2, 0.25) is 18.6 Å². The van der Waals surface area contributed by atoms with Crippen molar-refractivity contribution in [1.82, 2.24) is 0 Å². The fraction of sp³-hybridized carbons (Fsp3) is 0.917. The monoisotopic (exact) mass is 331 g/mol. The topological polar surface area (TPSA) is 14.1 Å². The molecule has 0 aliphatic heterocycles. The summed E-state index contributed by atoms with van der Waals surface area (Å²) >= 11 is -0.556. The van der Waals surface area contributed by atoms with E-state index in [1.807, 2.05) is 0 Å². The second kappa shape index (κ2) is 9.39. The summed E-state index contributed by atoms with van der Waals surface area (Å²) in [5.74, 6) is 0. The summed E-state index contributed by atoms with van der Waals surface area (Å²) in [6.45, 7) is 11.6. The Morgan fingerprint density at radius 2 is 1.47 bits per heavy atom. The van der Waals surface area contributed by atoms with Gasteiger partial charge in [0.2, 0.25) is 0 Å². The van der Waals surface area contributed by atoms with Gasteiger partial charge in [-0.1, -0.05) is 73.3 Å². The number of rotatable bonds is 2. The summed E-state index contributed by atoms with van der Waals surface area (Å²) < 4.78 is 0. The Morgan fingerprint density at radius 3 is 1.76 bits per heavy atom. The molecule has 0 aromatic rings. The molecule has 0 aromatic heterocycles. The minimum atomic E-state index is -1.28. The van der Waals surface area contributed by atoms with E-state index < -0.39 is 25.3 Å². The molecule has 17 heavy (non-hydrogen) atoms. The first-order valence-corrected chi connectivity index (χ1v) is 13.3. The molecule has 1 aliphatic carbocycles. The van der Waals surface area contributed by atoms with Crippen LogP contribution in [0.1, 0.15) is 46.5 Å². The zero-order valence-electron chi connectivity index (χ0n) is 12.1. The Morgan fingerprint density at radius 1 is 1.12 bits per heavy atom. The van der Waals surface area contributed by atoms with Crippen molar-refractivity contribution in [2.45, 2.75) is 70.6 Å². The third kappa shape index (κ3) is 9.98. The molecule has 1 rings (SSSR count). The summed E-state index contributed by atoms with van der Waals surface area (Å²) in [6.07, 6.45) is 5.78. The maximum absolute atomic E-state index is 5.06. The molecule has 1 nitrogen and oxygen atoms in total. The van der Waals surface area contributed by atoms with Gasteiger partial charge in [0.25, 0.3) is 0 Å². The van der Waals surface area contributed by atoms with Gasteiger partial charge in [-0.15, -0.1) is 5.54 Å². The van der Waals surface area contributed by atoms with Crippen LogP contribution >= 0.6 is 18.6 Å². The molecule has 0 amide bonds. The molecule has 0 N–H and O–H groups in total. The first-order valence-electron chi connectivity index (χ1n) is 5.93. The molecule has 104 valence electrons. The second-order valence-electron chi connectivity index (χ2n) is 5.99. The second-order valence-corrected chi connectivity index (χ2v) is 12.9. The van der Waals surface area contributed by atoms with E-state index in [9.17, 15) is 0 Å². The van der Waals surface area contributed by atoms with E-state index in [0.717, 1.165) is 5.54 Å². The Bertz CT molecular complexity index is 189. The van der Waals surface area contributed by atoms with Crippen LogP contribution in [0.5, 0.6) is 0 Å². The first-order chi connectivity index (χ1) is 7.23. The average Bonchev–Trinajstić information content (AvgIpc) is 2.51. The first kappa shape index (κ1) is 20.8. The van der Waals surface area contributed by atoms with Gasteiger partial charge in [-0.2, -0.15) is 0 Å². The van der Waals surface area contributed by atoms with E-state index in [4.69, 9.17) is 23.6 Å². The molecule has 0 atom stereocenters. The predicted octanol–water partition coefficient (Wildman–Crippen LogP) is 6.13. The van der Waals surface area contributed by atoms with Gasteiger partial charge in [-0.05, 0) is 0 Å². The van der Waals surface area contributed by atoms with Crippen LogP contribution in [-0.2, 0) is 17.0 Å². The SMILES string of the molecule is CC(C)(C)[N-][Si](C)(C)C1CCCC1.[CH3-].[Cl][Ti][Cl]. The zero-order valence-corrected chi connectivity index (χ0v) is 16.2. The van der Waals surface area contributed by atoms with Gasteiger partial charge in [0, 0.05) is 0 Å². The number of nitrogens with zero attached hydrogens (tertiary/aromatic N) is 1. The van der Waals surface area contributed by atoms with E-state index in [1.54, 1.807) is 0 Å². The van der Waals surface area contributed by atoms with Crippen molar-refractivity contribution >= 4 is 26.8 Å². The van der Waals surface area contributed by atoms with Crippen LogP contribution < -0.4 is 0 Å². The van der Waals surface area contributed by atoms with E-state index in [1.165, 1.54) is 25.7 Å². The number of hydrogen-bond donors (Lipinski definition) is 0. The van der Waals surface area contributed by atoms with Gasteiger partial charge >= 0.3 is 35.6 Å². The van der Waals surface area contributed by atoms with Gasteiger partial charge in [0.1, 0.15) is 0 Å². The maximum atomic E-state index is 5.06. The Kier molecular flexibility index (Phi) is 11.5. The average molecular weight is 332 g/mol. The molecule has 0 radical (unpaired) electrons. The van der Waals surface area contributed by atoms with E-state index >= 15 is 0 Å². The van der Waals surface area contributed by atoms with Gasteiger partial charge in [-0.3, -0.25) is 0 Å². The standard InChI is InChI=1S/C11H24NSi.CH3.2ClH.Ti/c1-11(2,3)12-13(4,5)10-8-6-7-9-10;;;;/h10H,6-9H2,1-5H3;1H3;2*1H;/q2*-1;;;+2/p-2. The van der Waals surface area contributed by atoms with Crippen molar-refractivity contribution < 1.29 is 17.0 Å². The van der Waals surface area contributed by atoms with Crippen LogP contribution in [0.4, 0.5) is 0 Å². The van der Waals surface area contributed by atoms with Crippen LogP contribution in [0.25, 0.3) is 4.98 Å². The summed E-state index contributed by atoms with van der Waals surface area (Å²) in [5, 5.41) is 0. The van der Waals surface area contributed by atoms with Crippen LogP contribution in [-0.4, -0.2) is 13.8 Å². The molecule has 5 heteroatoms. The van der Waals surface area contributed by atoms with Crippen LogP contribution in [0.15, 0.2) is 0 Å². The van der Waals surface area contributed by atoms with E-state index in [2.05, 4.69) is 33.9 Å². The summed E-state index contributed by atoms with van der Waals surface area (Å²) in [7, 11) is 8.50. The molecule has 0 bridgehead atoms. The summed E-state index contributed by atoms with van der Waals surface area (Å²) in [6, 6.07) is 0. The predicted molar refractivity (Wildman–Crippen MR) is 80.9 cm³/mol. The van der Waals surface area contributed by atoms with Crippen LogP contribution in [0.3, 0.4) is 0 Å². The Labute approximate surface area is 126 Å². The quantitative estimate of drug-likeness (QED) is 0.426.